The number of allylic oxidation sites excluding steroid dienone is 1. The number of likely N-dealkylation sites (N-methyl/N-ethyl adjacent to an activating group) is 1. The van der Waals surface area contributed by atoms with Crippen LogP contribution in [0.5, 0.6) is 5.75 Å². The number of benzene rings is 2. The summed E-state index contributed by atoms with van der Waals surface area (Å²) in [5.74, 6) is 0.104. The van der Waals surface area contributed by atoms with Crippen molar-refractivity contribution >= 4 is 40.5 Å². The van der Waals surface area contributed by atoms with Crippen LogP contribution in [0, 0.1) is 11.3 Å². The summed E-state index contributed by atoms with van der Waals surface area (Å²) in [6.45, 7) is 6.32. The maximum Gasteiger partial charge on any atom is 0.266 e. The second-order valence-electron chi connectivity index (χ2n) is 7.79. The Morgan fingerprint density at radius 3 is 2.70 bits per heavy atom. The summed E-state index contributed by atoms with van der Waals surface area (Å²) in [7, 11) is 3.57. The summed E-state index contributed by atoms with van der Waals surface area (Å²) in [6, 6.07) is 12.7. The Hall–Kier alpha value is -3.23. The maximum atomic E-state index is 12.6. The molecule has 6 heteroatoms. The van der Waals surface area contributed by atoms with E-state index in [-0.39, 0.29) is 11.1 Å². The predicted molar refractivity (Wildman–Crippen MR) is 123 cm³/mol. The lowest BCUT2D eigenvalue weighted by Crippen LogP contribution is -2.42. The number of amides is 1. The van der Waals surface area contributed by atoms with Gasteiger partial charge in [-0.25, -0.2) is 0 Å². The maximum absolute atomic E-state index is 12.6. The van der Waals surface area contributed by atoms with E-state index < -0.39 is 5.91 Å². The number of fused-ring (bicyclic) bond motifs is 1. The number of anilines is 2. The molecule has 0 unspecified atom stereocenters. The number of methoxy groups -OCH3 is 1. The average molecular weight is 422 g/mol. The fraction of sp³-hybridized carbons (Fsp3) is 0.250. The zero-order valence-corrected chi connectivity index (χ0v) is 18.5. The Morgan fingerprint density at radius 2 is 2.03 bits per heavy atom. The van der Waals surface area contributed by atoms with Crippen LogP contribution >= 0.6 is 11.6 Å². The highest BCUT2D eigenvalue weighted by molar-refractivity contribution is 6.32. The molecule has 3 rings (SSSR count). The molecule has 0 fully saturated rings. The van der Waals surface area contributed by atoms with Crippen molar-refractivity contribution in [2.45, 2.75) is 26.3 Å². The lowest BCUT2D eigenvalue weighted by Gasteiger charge is -2.40. The molecular formula is C24H24ClN3O2. The Morgan fingerprint density at radius 1 is 1.30 bits per heavy atom. The number of hydrogen-bond donors (Lipinski definition) is 1. The van der Waals surface area contributed by atoms with Crippen molar-refractivity contribution < 1.29 is 9.53 Å². The molecule has 1 aliphatic rings. The van der Waals surface area contributed by atoms with Gasteiger partial charge in [-0.2, -0.15) is 5.26 Å². The molecule has 5 nitrogen and oxygen atoms in total. The van der Waals surface area contributed by atoms with Crippen molar-refractivity contribution in [2.24, 2.45) is 0 Å². The molecule has 0 saturated carbocycles. The van der Waals surface area contributed by atoms with Crippen LogP contribution in [-0.2, 0) is 4.79 Å². The fourth-order valence-corrected chi connectivity index (χ4v) is 3.71. The van der Waals surface area contributed by atoms with Crippen LogP contribution in [-0.4, -0.2) is 25.6 Å². The van der Waals surface area contributed by atoms with E-state index >= 15 is 0 Å². The minimum atomic E-state index is -0.509. The Balaban J connectivity index is 1.96. The van der Waals surface area contributed by atoms with Crippen LogP contribution < -0.4 is 15.0 Å². The first kappa shape index (κ1) is 21.5. The topological polar surface area (TPSA) is 65.4 Å². The summed E-state index contributed by atoms with van der Waals surface area (Å²) < 4.78 is 5.16. The highest BCUT2D eigenvalue weighted by atomic mass is 35.5. The van der Waals surface area contributed by atoms with Gasteiger partial charge in [0.1, 0.15) is 17.4 Å². The van der Waals surface area contributed by atoms with E-state index in [4.69, 9.17) is 16.3 Å². The molecule has 0 spiro atoms. The molecule has 0 radical (unpaired) electrons. The Bertz CT molecular complexity index is 1110. The van der Waals surface area contributed by atoms with Crippen LogP contribution in [0.25, 0.3) is 11.6 Å². The molecule has 0 saturated heterocycles. The molecule has 0 aromatic heterocycles. The SMILES string of the molecule is COc1cccc(NC(=O)/C(C#N)=C/c2cc3c(cc2Cl)N(C)C(C)(C)C=C3C)c1. The second-order valence-corrected chi connectivity index (χ2v) is 8.19. The first-order chi connectivity index (χ1) is 14.2. The van der Waals surface area contributed by atoms with Gasteiger partial charge in [0.05, 0.1) is 12.6 Å². The second kappa shape index (κ2) is 8.25. The van der Waals surface area contributed by atoms with Gasteiger partial charge in [-0.3, -0.25) is 4.79 Å². The van der Waals surface area contributed by atoms with Crippen LogP contribution in [0.3, 0.4) is 0 Å². The minimum Gasteiger partial charge on any atom is -0.497 e. The van der Waals surface area contributed by atoms with E-state index in [0.29, 0.717) is 22.0 Å². The number of nitrogens with one attached hydrogen (secondary N) is 1. The van der Waals surface area contributed by atoms with E-state index in [2.05, 4.69) is 37.1 Å². The molecule has 0 atom stereocenters. The summed E-state index contributed by atoms with van der Waals surface area (Å²) in [5.41, 5.74) is 4.16. The van der Waals surface area contributed by atoms with Crippen molar-refractivity contribution in [3.8, 4) is 11.8 Å². The van der Waals surface area contributed by atoms with Crippen molar-refractivity contribution in [2.75, 3.05) is 24.4 Å². The van der Waals surface area contributed by atoms with Gasteiger partial charge in [0.25, 0.3) is 5.91 Å². The normalized spacial score (nSPS) is 15.0. The van der Waals surface area contributed by atoms with Crippen LogP contribution in [0.2, 0.25) is 5.02 Å². The largest absolute Gasteiger partial charge is 0.497 e. The summed E-state index contributed by atoms with van der Waals surface area (Å²) in [4.78, 5) is 14.8. The smallest absolute Gasteiger partial charge is 0.266 e. The summed E-state index contributed by atoms with van der Waals surface area (Å²) >= 11 is 6.52. The number of halogens is 1. The van der Waals surface area contributed by atoms with E-state index in [0.717, 1.165) is 16.8 Å². The van der Waals surface area contributed by atoms with Crippen LogP contribution in [0.15, 0.2) is 48.0 Å². The van der Waals surface area contributed by atoms with Crippen molar-refractivity contribution in [1.82, 2.24) is 0 Å². The van der Waals surface area contributed by atoms with Gasteiger partial charge in [0.2, 0.25) is 0 Å². The average Bonchev–Trinajstić information content (AvgIpc) is 2.70. The first-order valence-corrected chi connectivity index (χ1v) is 9.88. The molecule has 0 bridgehead atoms. The molecular weight excluding hydrogens is 398 g/mol. The number of nitriles is 1. The lowest BCUT2D eigenvalue weighted by atomic mass is 9.88. The third-order valence-corrected chi connectivity index (χ3v) is 5.66. The molecule has 154 valence electrons. The van der Waals surface area contributed by atoms with Gasteiger partial charge in [-0.15, -0.1) is 0 Å². The van der Waals surface area contributed by atoms with E-state index in [9.17, 15) is 10.1 Å². The molecule has 1 heterocycles. The zero-order chi connectivity index (χ0) is 22.1. The lowest BCUT2D eigenvalue weighted by molar-refractivity contribution is -0.112. The third kappa shape index (κ3) is 4.19. The highest BCUT2D eigenvalue weighted by Gasteiger charge is 2.29. The van der Waals surface area contributed by atoms with Gasteiger partial charge < -0.3 is 15.0 Å². The monoisotopic (exact) mass is 421 g/mol. The molecule has 1 amide bonds. The zero-order valence-electron chi connectivity index (χ0n) is 17.7. The van der Waals surface area contributed by atoms with E-state index in [1.807, 2.05) is 25.2 Å². The number of ether oxygens (including phenoxy) is 1. The molecule has 1 aliphatic heterocycles. The van der Waals surface area contributed by atoms with Crippen molar-refractivity contribution in [1.29, 1.82) is 5.26 Å². The van der Waals surface area contributed by atoms with Crippen molar-refractivity contribution in [3.05, 3.63) is 64.2 Å². The number of rotatable bonds is 4. The molecule has 0 aliphatic carbocycles. The van der Waals surface area contributed by atoms with Gasteiger partial charge in [-0.1, -0.05) is 23.7 Å². The van der Waals surface area contributed by atoms with E-state index in [1.54, 1.807) is 31.4 Å². The van der Waals surface area contributed by atoms with Crippen LogP contribution in [0.4, 0.5) is 11.4 Å². The van der Waals surface area contributed by atoms with Gasteiger partial charge in [0, 0.05) is 35.1 Å². The summed E-state index contributed by atoms with van der Waals surface area (Å²) in [6.07, 6.45) is 3.71. The van der Waals surface area contributed by atoms with Gasteiger partial charge >= 0.3 is 0 Å². The van der Waals surface area contributed by atoms with Crippen molar-refractivity contribution in [3.63, 3.8) is 0 Å². The molecule has 30 heavy (non-hydrogen) atoms. The quantitative estimate of drug-likeness (QED) is 0.521. The third-order valence-electron chi connectivity index (χ3n) is 5.33. The standard InChI is InChI=1S/C24H24ClN3O2/c1-15-13-24(2,3)28(4)22-12-21(25)16(10-20(15)22)9-17(14-26)23(29)27-18-7-6-8-19(11-18)30-5/h6-13H,1-5H3,(H,27,29)/b17-9+. The number of carbonyl (C=O) groups excluding carboxylic acids is 1. The van der Waals surface area contributed by atoms with Crippen LogP contribution in [0.1, 0.15) is 31.9 Å². The molecule has 1 N–H and O–H groups in total. The van der Waals surface area contributed by atoms with Gasteiger partial charge in [-0.05, 0) is 62.2 Å². The first-order valence-electron chi connectivity index (χ1n) is 9.50. The Labute approximate surface area is 182 Å². The highest BCUT2D eigenvalue weighted by Crippen LogP contribution is 2.40. The summed E-state index contributed by atoms with van der Waals surface area (Å²) in [5, 5.41) is 12.8. The fourth-order valence-electron chi connectivity index (χ4n) is 3.50. The number of carbonyl (C=O) groups is 1. The number of nitrogens with zero attached hydrogens (tertiary/aromatic N) is 2. The molecule has 2 aromatic rings. The van der Waals surface area contributed by atoms with E-state index in [1.165, 1.54) is 6.08 Å². The Kier molecular flexibility index (Phi) is 5.91. The van der Waals surface area contributed by atoms with Gasteiger partial charge in [0.15, 0.2) is 0 Å². The minimum absolute atomic E-state index is 0.0363. The number of hydrogen-bond acceptors (Lipinski definition) is 4. The molecule has 2 aromatic carbocycles. The predicted octanol–water partition coefficient (Wildman–Crippen LogP) is 5.53.